The second kappa shape index (κ2) is 5.35. The molecule has 1 saturated heterocycles. The number of β-amino-alcohol motifs (C(OH)–C–C–N with tert-alkyl or cyclic N) is 1. The van der Waals surface area contributed by atoms with Crippen molar-refractivity contribution in [1.82, 2.24) is 25.5 Å². The SMILES string of the molecule is O=C(Nc1ccccc1-n1cnnn1)C1CC(O)CN1. The highest BCUT2D eigenvalue weighted by Gasteiger charge is 2.28. The number of carbonyl (C=O) groups excluding carboxylic acids is 1. The number of aliphatic hydroxyl groups excluding tert-OH is 1. The molecule has 2 atom stereocenters. The van der Waals surface area contributed by atoms with Crippen molar-refractivity contribution in [3.05, 3.63) is 30.6 Å². The second-order valence-corrected chi connectivity index (χ2v) is 4.61. The van der Waals surface area contributed by atoms with Gasteiger partial charge in [-0.15, -0.1) is 5.10 Å². The first-order chi connectivity index (χ1) is 9.74. The van der Waals surface area contributed by atoms with E-state index in [9.17, 15) is 9.90 Å². The third-order valence-corrected chi connectivity index (χ3v) is 3.18. The number of hydrogen-bond acceptors (Lipinski definition) is 6. The van der Waals surface area contributed by atoms with Crippen molar-refractivity contribution in [2.24, 2.45) is 0 Å². The Hall–Kier alpha value is -2.32. The van der Waals surface area contributed by atoms with E-state index in [-0.39, 0.29) is 11.9 Å². The van der Waals surface area contributed by atoms with E-state index in [1.807, 2.05) is 18.2 Å². The number of tetrazole rings is 1. The van der Waals surface area contributed by atoms with Gasteiger partial charge >= 0.3 is 0 Å². The number of benzene rings is 1. The van der Waals surface area contributed by atoms with Crippen LogP contribution in [-0.4, -0.2) is 49.9 Å². The number of anilines is 1. The molecular weight excluding hydrogens is 260 g/mol. The largest absolute Gasteiger partial charge is 0.392 e. The van der Waals surface area contributed by atoms with E-state index in [0.29, 0.717) is 24.3 Å². The Labute approximate surface area is 114 Å². The van der Waals surface area contributed by atoms with Crippen LogP contribution in [0.3, 0.4) is 0 Å². The van der Waals surface area contributed by atoms with Gasteiger partial charge in [-0.2, -0.15) is 4.68 Å². The van der Waals surface area contributed by atoms with Gasteiger partial charge in [0.15, 0.2) is 0 Å². The van der Waals surface area contributed by atoms with Gasteiger partial charge in [0, 0.05) is 6.54 Å². The number of hydrogen-bond donors (Lipinski definition) is 3. The summed E-state index contributed by atoms with van der Waals surface area (Å²) in [6.07, 6.45) is 1.40. The third-order valence-electron chi connectivity index (χ3n) is 3.18. The number of nitrogens with one attached hydrogen (secondary N) is 2. The van der Waals surface area contributed by atoms with Crippen LogP contribution in [0, 0.1) is 0 Å². The maximum atomic E-state index is 12.1. The van der Waals surface area contributed by atoms with Gasteiger partial charge in [-0.25, -0.2) is 0 Å². The number of amides is 1. The van der Waals surface area contributed by atoms with Crippen LogP contribution in [0.1, 0.15) is 6.42 Å². The Balaban J connectivity index is 1.79. The van der Waals surface area contributed by atoms with Crippen LogP contribution in [0.25, 0.3) is 5.69 Å². The summed E-state index contributed by atoms with van der Waals surface area (Å²) in [5.74, 6) is -0.179. The van der Waals surface area contributed by atoms with Gasteiger partial charge in [0.2, 0.25) is 5.91 Å². The highest BCUT2D eigenvalue weighted by Crippen LogP contribution is 2.19. The highest BCUT2D eigenvalue weighted by atomic mass is 16.3. The molecule has 0 radical (unpaired) electrons. The zero-order valence-corrected chi connectivity index (χ0v) is 10.6. The average Bonchev–Trinajstić information content (AvgIpc) is 3.10. The highest BCUT2D eigenvalue weighted by molar-refractivity contribution is 5.96. The Kier molecular flexibility index (Phi) is 3.40. The summed E-state index contributed by atoms with van der Waals surface area (Å²) in [7, 11) is 0. The first kappa shape index (κ1) is 12.7. The number of nitrogens with zero attached hydrogens (tertiary/aromatic N) is 4. The summed E-state index contributed by atoms with van der Waals surface area (Å²) in [5, 5.41) is 26.2. The van der Waals surface area contributed by atoms with E-state index in [0.717, 1.165) is 0 Å². The summed E-state index contributed by atoms with van der Waals surface area (Å²) < 4.78 is 1.48. The molecule has 1 aromatic heterocycles. The lowest BCUT2D eigenvalue weighted by Crippen LogP contribution is -2.35. The van der Waals surface area contributed by atoms with Crippen LogP contribution in [0.2, 0.25) is 0 Å². The summed E-state index contributed by atoms with van der Waals surface area (Å²) in [4.78, 5) is 12.1. The minimum atomic E-state index is -0.472. The predicted octanol–water partition coefficient (Wildman–Crippen LogP) is -0.676. The fraction of sp³-hybridized carbons (Fsp3) is 0.333. The molecule has 3 N–H and O–H groups in total. The number of para-hydroxylation sites is 2. The average molecular weight is 274 g/mol. The Morgan fingerprint density at radius 2 is 2.30 bits per heavy atom. The van der Waals surface area contributed by atoms with Gasteiger partial charge in [-0.3, -0.25) is 4.79 Å². The zero-order valence-electron chi connectivity index (χ0n) is 10.6. The van der Waals surface area contributed by atoms with Crippen molar-refractivity contribution in [3.8, 4) is 5.69 Å². The molecule has 1 fully saturated rings. The minimum Gasteiger partial charge on any atom is -0.392 e. The maximum Gasteiger partial charge on any atom is 0.241 e. The van der Waals surface area contributed by atoms with E-state index in [1.165, 1.54) is 11.0 Å². The molecule has 0 spiro atoms. The van der Waals surface area contributed by atoms with E-state index in [1.54, 1.807) is 6.07 Å². The molecule has 2 aromatic rings. The molecule has 0 bridgehead atoms. The van der Waals surface area contributed by atoms with Gasteiger partial charge in [0.1, 0.15) is 6.33 Å². The molecule has 20 heavy (non-hydrogen) atoms. The van der Waals surface area contributed by atoms with E-state index in [2.05, 4.69) is 26.2 Å². The lowest BCUT2D eigenvalue weighted by molar-refractivity contribution is -0.117. The van der Waals surface area contributed by atoms with Crippen LogP contribution < -0.4 is 10.6 Å². The number of carbonyl (C=O) groups is 1. The van der Waals surface area contributed by atoms with Crippen molar-refractivity contribution >= 4 is 11.6 Å². The Bertz CT molecular complexity index is 600. The molecule has 1 aliphatic heterocycles. The van der Waals surface area contributed by atoms with Crippen LogP contribution in [-0.2, 0) is 4.79 Å². The van der Waals surface area contributed by atoms with Crippen molar-refractivity contribution in [3.63, 3.8) is 0 Å². The Morgan fingerprint density at radius 3 is 3.00 bits per heavy atom. The van der Waals surface area contributed by atoms with Gasteiger partial charge in [-0.05, 0) is 29.0 Å². The number of aromatic nitrogens is 4. The van der Waals surface area contributed by atoms with E-state index < -0.39 is 6.10 Å². The quantitative estimate of drug-likeness (QED) is 0.685. The smallest absolute Gasteiger partial charge is 0.241 e. The fourth-order valence-electron chi connectivity index (χ4n) is 2.19. The molecule has 8 heteroatoms. The van der Waals surface area contributed by atoms with Crippen LogP contribution in [0.5, 0.6) is 0 Å². The first-order valence-corrected chi connectivity index (χ1v) is 6.29. The monoisotopic (exact) mass is 274 g/mol. The number of aliphatic hydroxyl groups is 1. The third kappa shape index (κ3) is 2.51. The minimum absolute atomic E-state index is 0.179. The lowest BCUT2D eigenvalue weighted by Gasteiger charge is -2.13. The van der Waals surface area contributed by atoms with Crippen molar-refractivity contribution in [2.45, 2.75) is 18.6 Å². The van der Waals surface area contributed by atoms with Crippen molar-refractivity contribution in [2.75, 3.05) is 11.9 Å². The molecule has 1 amide bonds. The van der Waals surface area contributed by atoms with E-state index in [4.69, 9.17) is 0 Å². The summed E-state index contributed by atoms with van der Waals surface area (Å²) in [6, 6.07) is 6.86. The van der Waals surface area contributed by atoms with Crippen LogP contribution in [0.15, 0.2) is 30.6 Å². The molecular formula is C12H14N6O2. The summed E-state index contributed by atoms with van der Waals surface area (Å²) in [6.45, 7) is 0.437. The summed E-state index contributed by atoms with van der Waals surface area (Å²) in [5.41, 5.74) is 1.30. The molecule has 8 nitrogen and oxygen atoms in total. The molecule has 2 unspecified atom stereocenters. The molecule has 0 aliphatic carbocycles. The van der Waals surface area contributed by atoms with Crippen molar-refractivity contribution in [1.29, 1.82) is 0 Å². The first-order valence-electron chi connectivity index (χ1n) is 6.29. The van der Waals surface area contributed by atoms with Crippen LogP contribution in [0.4, 0.5) is 5.69 Å². The van der Waals surface area contributed by atoms with Crippen LogP contribution >= 0.6 is 0 Å². The topological polar surface area (TPSA) is 105 Å². The van der Waals surface area contributed by atoms with Gasteiger partial charge < -0.3 is 15.7 Å². The Morgan fingerprint density at radius 1 is 1.45 bits per heavy atom. The summed E-state index contributed by atoms with van der Waals surface area (Å²) >= 11 is 0. The molecule has 1 aliphatic rings. The normalized spacial score (nSPS) is 21.9. The molecule has 1 aromatic carbocycles. The fourth-order valence-corrected chi connectivity index (χ4v) is 2.19. The predicted molar refractivity (Wildman–Crippen MR) is 70.2 cm³/mol. The van der Waals surface area contributed by atoms with Gasteiger partial charge in [-0.1, -0.05) is 12.1 Å². The van der Waals surface area contributed by atoms with E-state index >= 15 is 0 Å². The molecule has 0 saturated carbocycles. The molecule has 104 valence electrons. The maximum absolute atomic E-state index is 12.1. The number of rotatable bonds is 3. The standard InChI is InChI=1S/C12H14N6O2/c19-8-5-10(13-6-8)12(20)15-9-3-1-2-4-11(9)18-7-14-16-17-18/h1-4,7-8,10,13,19H,5-6H2,(H,15,20). The lowest BCUT2D eigenvalue weighted by atomic mass is 10.2. The van der Waals surface area contributed by atoms with Gasteiger partial charge in [0.25, 0.3) is 0 Å². The van der Waals surface area contributed by atoms with Crippen molar-refractivity contribution < 1.29 is 9.90 Å². The van der Waals surface area contributed by atoms with Gasteiger partial charge in [0.05, 0.1) is 23.5 Å². The zero-order chi connectivity index (χ0) is 13.9. The second-order valence-electron chi connectivity index (χ2n) is 4.61. The molecule has 3 rings (SSSR count). The molecule has 2 heterocycles.